The highest BCUT2D eigenvalue weighted by Crippen LogP contribution is 2.27. The van der Waals surface area contributed by atoms with E-state index in [1.165, 1.54) is 5.56 Å². The number of nitrogens with two attached hydrogens (primary N) is 1. The molecule has 0 unspecified atom stereocenters. The minimum absolute atomic E-state index is 0.209. The first-order chi connectivity index (χ1) is 8.72. The predicted octanol–water partition coefficient (Wildman–Crippen LogP) is 1.81. The second kappa shape index (κ2) is 6.01. The van der Waals surface area contributed by atoms with Crippen LogP contribution in [0.3, 0.4) is 0 Å². The molecule has 1 saturated heterocycles. The van der Waals surface area contributed by atoms with Crippen LogP contribution in [-0.2, 0) is 11.2 Å². The van der Waals surface area contributed by atoms with Gasteiger partial charge in [0.15, 0.2) is 0 Å². The van der Waals surface area contributed by atoms with Crippen LogP contribution in [0.5, 0.6) is 0 Å². The molecule has 2 atom stereocenters. The Labute approximate surface area is 109 Å². The molecule has 0 saturated carbocycles. The minimum atomic E-state index is 0.209. The molecule has 0 bridgehead atoms. The first-order valence-electron chi connectivity index (χ1n) is 6.76. The molecule has 0 radical (unpaired) electrons. The Morgan fingerprint density at radius 1 is 1.39 bits per heavy atom. The third-order valence-corrected chi connectivity index (χ3v) is 3.93. The molecule has 1 aromatic carbocycles. The van der Waals surface area contributed by atoms with Crippen molar-refractivity contribution in [2.45, 2.75) is 32.2 Å². The summed E-state index contributed by atoms with van der Waals surface area (Å²) >= 11 is 0. The van der Waals surface area contributed by atoms with Gasteiger partial charge < -0.3 is 10.6 Å². The van der Waals surface area contributed by atoms with E-state index in [2.05, 4.69) is 31.2 Å². The van der Waals surface area contributed by atoms with E-state index in [-0.39, 0.29) is 5.91 Å². The van der Waals surface area contributed by atoms with Gasteiger partial charge in [0, 0.05) is 25.6 Å². The van der Waals surface area contributed by atoms with E-state index in [4.69, 9.17) is 5.73 Å². The topological polar surface area (TPSA) is 46.3 Å². The zero-order valence-corrected chi connectivity index (χ0v) is 11.0. The van der Waals surface area contributed by atoms with E-state index in [9.17, 15) is 4.79 Å². The molecule has 18 heavy (non-hydrogen) atoms. The Morgan fingerprint density at radius 2 is 2.11 bits per heavy atom. The highest BCUT2D eigenvalue weighted by molar-refractivity contribution is 5.77. The summed E-state index contributed by atoms with van der Waals surface area (Å²) in [5.74, 6) is 0.787. The summed E-state index contributed by atoms with van der Waals surface area (Å²) in [6.07, 6.45) is 2.64. The van der Waals surface area contributed by atoms with Gasteiger partial charge in [-0.15, -0.1) is 0 Å². The molecule has 0 aromatic heterocycles. The van der Waals surface area contributed by atoms with Crippen LogP contribution in [0.25, 0.3) is 0 Å². The Kier molecular flexibility index (Phi) is 4.37. The smallest absolute Gasteiger partial charge is 0.224 e. The molecular formula is C15H22N2O. The summed E-state index contributed by atoms with van der Waals surface area (Å²) < 4.78 is 0. The van der Waals surface area contributed by atoms with Crippen molar-refractivity contribution >= 4 is 5.91 Å². The van der Waals surface area contributed by atoms with Crippen molar-refractivity contribution in [1.29, 1.82) is 0 Å². The van der Waals surface area contributed by atoms with Gasteiger partial charge in [0.25, 0.3) is 0 Å². The minimum Gasteiger partial charge on any atom is -0.340 e. The molecule has 1 aliphatic heterocycles. The monoisotopic (exact) mass is 246 g/mol. The first kappa shape index (κ1) is 13.1. The predicted molar refractivity (Wildman–Crippen MR) is 73.1 cm³/mol. The fraction of sp³-hybridized carbons (Fsp3) is 0.533. The van der Waals surface area contributed by atoms with Crippen molar-refractivity contribution in [3.8, 4) is 0 Å². The molecule has 2 N–H and O–H groups in total. The second-order valence-electron chi connectivity index (χ2n) is 5.10. The molecule has 3 heteroatoms. The van der Waals surface area contributed by atoms with E-state index in [1.54, 1.807) is 0 Å². The average Bonchev–Trinajstić information content (AvgIpc) is 2.73. The highest BCUT2D eigenvalue weighted by atomic mass is 16.2. The van der Waals surface area contributed by atoms with Crippen LogP contribution in [0.2, 0.25) is 0 Å². The molecular weight excluding hydrogens is 224 g/mol. The number of hydrogen-bond donors (Lipinski definition) is 1. The largest absolute Gasteiger partial charge is 0.340 e. The van der Waals surface area contributed by atoms with E-state index >= 15 is 0 Å². The van der Waals surface area contributed by atoms with Gasteiger partial charge in [-0.25, -0.2) is 0 Å². The molecule has 3 nitrogen and oxygen atoms in total. The average molecular weight is 246 g/mol. The van der Waals surface area contributed by atoms with Crippen molar-refractivity contribution in [2.75, 3.05) is 13.1 Å². The third kappa shape index (κ3) is 2.91. The van der Waals surface area contributed by atoms with Gasteiger partial charge in [-0.3, -0.25) is 4.79 Å². The number of nitrogens with zero attached hydrogens (tertiary/aromatic N) is 1. The fourth-order valence-electron chi connectivity index (χ4n) is 2.81. The molecule has 2 rings (SSSR count). The number of likely N-dealkylation sites (tertiary alicyclic amines) is 1. The van der Waals surface area contributed by atoms with E-state index in [1.807, 2.05) is 11.0 Å². The van der Waals surface area contributed by atoms with E-state index < -0.39 is 0 Å². The van der Waals surface area contributed by atoms with Gasteiger partial charge in [0.05, 0.1) is 0 Å². The lowest BCUT2D eigenvalue weighted by molar-refractivity contribution is -0.131. The lowest BCUT2D eigenvalue weighted by atomic mass is 9.93. The van der Waals surface area contributed by atoms with Crippen LogP contribution in [-0.4, -0.2) is 29.9 Å². The second-order valence-corrected chi connectivity index (χ2v) is 5.10. The SMILES string of the molecule is C[C@@H]1[C@H](Cc2ccccc2)CCN1C(=O)CCN. The zero-order valence-electron chi connectivity index (χ0n) is 11.0. The summed E-state index contributed by atoms with van der Waals surface area (Å²) in [7, 11) is 0. The van der Waals surface area contributed by atoms with Crippen molar-refractivity contribution in [3.05, 3.63) is 35.9 Å². The van der Waals surface area contributed by atoms with Gasteiger partial charge in [-0.1, -0.05) is 30.3 Å². The lowest BCUT2D eigenvalue weighted by Gasteiger charge is -2.24. The molecule has 0 spiro atoms. The van der Waals surface area contributed by atoms with Crippen molar-refractivity contribution in [3.63, 3.8) is 0 Å². The number of rotatable bonds is 4. The number of carbonyl (C=O) groups is 1. The Bertz CT molecular complexity index is 391. The number of benzene rings is 1. The number of hydrogen-bond acceptors (Lipinski definition) is 2. The van der Waals surface area contributed by atoms with E-state index in [0.29, 0.717) is 24.9 Å². The maximum absolute atomic E-state index is 11.9. The molecule has 1 aliphatic rings. The molecule has 98 valence electrons. The summed E-state index contributed by atoms with van der Waals surface area (Å²) in [6.45, 7) is 3.50. The fourth-order valence-corrected chi connectivity index (χ4v) is 2.81. The molecule has 1 fully saturated rings. The van der Waals surface area contributed by atoms with Crippen LogP contribution in [0.15, 0.2) is 30.3 Å². The van der Waals surface area contributed by atoms with E-state index in [0.717, 1.165) is 19.4 Å². The lowest BCUT2D eigenvalue weighted by Crippen LogP contribution is -2.37. The van der Waals surface area contributed by atoms with Gasteiger partial charge in [0.2, 0.25) is 5.91 Å². The highest BCUT2D eigenvalue weighted by Gasteiger charge is 2.32. The standard InChI is InChI=1S/C15H22N2O/c1-12-14(11-13-5-3-2-4-6-13)8-10-17(12)15(18)7-9-16/h2-6,12,14H,7-11,16H2,1H3/t12-,14+/m1/s1. The summed E-state index contributed by atoms with van der Waals surface area (Å²) in [4.78, 5) is 13.9. The first-order valence-corrected chi connectivity index (χ1v) is 6.76. The van der Waals surface area contributed by atoms with Crippen LogP contribution in [0.4, 0.5) is 0 Å². The number of carbonyl (C=O) groups excluding carboxylic acids is 1. The zero-order chi connectivity index (χ0) is 13.0. The Hall–Kier alpha value is -1.35. The summed E-state index contributed by atoms with van der Waals surface area (Å²) in [5.41, 5.74) is 6.82. The van der Waals surface area contributed by atoms with Crippen molar-refractivity contribution in [1.82, 2.24) is 4.90 Å². The van der Waals surface area contributed by atoms with Crippen molar-refractivity contribution < 1.29 is 4.79 Å². The molecule has 1 heterocycles. The summed E-state index contributed by atoms with van der Waals surface area (Å²) in [6, 6.07) is 10.9. The van der Waals surface area contributed by atoms with Gasteiger partial charge >= 0.3 is 0 Å². The Morgan fingerprint density at radius 3 is 2.78 bits per heavy atom. The normalized spacial score (nSPS) is 23.3. The van der Waals surface area contributed by atoms with Gasteiger partial charge in [0.1, 0.15) is 0 Å². The molecule has 1 amide bonds. The van der Waals surface area contributed by atoms with Gasteiger partial charge in [-0.2, -0.15) is 0 Å². The maximum atomic E-state index is 11.9. The quantitative estimate of drug-likeness (QED) is 0.880. The van der Waals surface area contributed by atoms with Crippen LogP contribution < -0.4 is 5.73 Å². The number of amides is 1. The Balaban J connectivity index is 1.95. The molecule has 1 aromatic rings. The van der Waals surface area contributed by atoms with Crippen molar-refractivity contribution in [2.24, 2.45) is 11.7 Å². The third-order valence-electron chi connectivity index (χ3n) is 3.93. The summed E-state index contributed by atoms with van der Waals surface area (Å²) in [5, 5.41) is 0. The maximum Gasteiger partial charge on any atom is 0.224 e. The van der Waals surface area contributed by atoms with Gasteiger partial charge in [-0.05, 0) is 31.2 Å². The molecule has 0 aliphatic carbocycles. The van der Waals surface area contributed by atoms with Crippen LogP contribution in [0.1, 0.15) is 25.3 Å². The van der Waals surface area contributed by atoms with Crippen LogP contribution >= 0.6 is 0 Å². The van der Waals surface area contributed by atoms with Crippen LogP contribution in [0, 0.1) is 5.92 Å².